The highest BCUT2D eigenvalue weighted by atomic mass is 16.4. The van der Waals surface area contributed by atoms with Crippen molar-refractivity contribution < 1.29 is 34.4 Å². The molecule has 0 fully saturated rings. The number of aliphatic hydroxyl groups excluding tert-OH is 2. The quantitative estimate of drug-likeness (QED) is 0.135. The van der Waals surface area contributed by atoms with Crippen molar-refractivity contribution in [2.24, 2.45) is 0 Å². The minimum atomic E-state index is -1.47. The van der Waals surface area contributed by atoms with Crippen LogP contribution in [-0.2, 0) is 13.0 Å². The third-order valence-electron chi connectivity index (χ3n) is 6.44. The minimum Gasteiger partial charge on any atom is -0.504 e. The number of aromatic carboxylic acids is 1. The van der Waals surface area contributed by atoms with Gasteiger partial charge in [0.25, 0.3) is 0 Å². The number of hydrogen-bond donors (Lipinski definition) is 6. The molecule has 0 aliphatic carbocycles. The molecule has 5 aromatic rings. The van der Waals surface area contributed by atoms with Gasteiger partial charge in [0.1, 0.15) is 0 Å². The maximum absolute atomic E-state index is 13.6. The maximum atomic E-state index is 13.6. The minimum absolute atomic E-state index is 0.0507. The number of furan rings is 1. The van der Waals surface area contributed by atoms with Gasteiger partial charge in [-0.2, -0.15) is 0 Å². The SMILES string of the molecule is C/C(=C\Cc1cccc2c(C(=O)c3oc(C(=O)O)c(-c4c(CO)[nH]c5ccccc45)c3O)c[nH]c12)CO. The summed E-state index contributed by atoms with van der Waals surface area (Å²) in [5.41, 5.74) is 3.60. The van der Waals surface area contributed by atoms with Crippen LogP contribution in [-0.4, -0.2) is 48.8 Å². The van der Waals surface area contributed by atoms with Gasteiger partial charge < -0.3 is 34.8 Å². The first-order valence-electron chi connectivity index (χ1n) is 11.6. The number of carbonyl (C=O) groups excluding carboxylic acids is 1. The number of nitrogens with one attached hydrogen (secondary N) is 2. The van der Waals surface area contributed by atoms with Gasteiger partial charge in [-0.15, -0.1) is 0 Å². The van der Waals surface area contributed by atoms with Gasteiger partial charge in [-0.1, -0.05) is 48.0 Å². The summed E-state index contributed by atoms with van der Waals surface area (Å²) >= 11 is 0. The number of carboxylic acids is 1. The zero-order chi connectivity index (χ0) is 26.3. The zero-order valence-electron chi connectivity index (χ0n) is 19.8. The first kappa shape index (κ1) is 24.1. The third kappa shape index (κ3) is 4.00. The summed E-state index contributed by atoms with van der Waals surface area (Å²) in [4.78, 5) is 31.8. The van der Waals surface area contributed by atoms with Crippen LogP contribution in [0.15, 0.2) is 64.7 Å². The van der Waals surface area contributed by atoms with Gasteiger partial charge in [-0.3, -0.25) is 4.79 Å². The number of rotatable bonds is 8. The number of para-hydroxylation sites is 2. The van der Waals surface area contributed by atoms with Crippen molar-refractivity contribution in [1.82, 2.24) is 9.97 Å². The molecule has 6 N–H and O–H groups in total. The highest BCUT2D eigenvalue weighted by Gasteiger charge is 2.33. The summed E-state index contributed by atoms with van der Waals surface area (Å²) in [5.74, 6) is -3.89. The molecule has 0 radical (unpaired) electrons. The average Bonchev–Trinajstić information content (AvgIpc) is 3.59. The van der Waals surface area contributed by atoms with Gasteiger partial charge in [-0.05, 0) is 25.0 Å². The number of fused-ring (bicyclic) bond motifs is 2. The monoisotopic (exact) mass is 500 g/mol. The van der Waals surface area contributed by atoms with Crippen molar-refractivity contribution in [1.29, 1.82) is 0 Å². The van der Waals surface area contributed by atoms with Crippen LogP contribution in [0.3, 0.4) is 0 Å². The number of aromatic nitrogens is 2. The van der Waals surface area contributed by atoms with Crippen molar-refractivity contribution in [3.8, 4) is 16.9 Å². The third-order valence-corrected chi connectivity index (χ3v) is 6.44. The Morgan fingerprint density at radius 3 is 2.49 bits per heavy atom. The Labute approximate surface area is 210 Å². The van der Waals surface area contributed by atoms with Crippen molar-refractivity contribution in [3.63, 3.8) is 0 Å². The number of aliphatic hydroxyl groups is 2. The van der Waals surface area contributed by atoms with Crippen molar-refractivity contribution >= 4 is 33.6 Å². The normalized spacial score (nSPS) is 12.0. The largest absolute Gasteiger partial charge is 0.504 e. The van der Waals surface area contributed by atoms with E-state index in [1.807, 2.05) is 19.1 Å². The highest BCUT2D eigenvalue weighted by Crippen LogP contribution is 2.44. The Kier molecular flexibility index (Phi) is 6.16. The lowest BCUT2D eigenvalue weighted by Gasteiger charge is -2.03. The van der Waals surface area contributed by atoms with Crippen LogP contribution in [0.2, 0.25) is 0 Å². The first-order valence-corrected chi connectivity index (χ1v) is 11.6. The summed E-state index contributed by atoms with van der Waals surface area (Å²) < 4.78 is 5.49. The first-order chi connectivity index (χ1) is 17.8. The number of hydrogen-bond acceptors (Lipinski definition) is 6. The molecule has 0 saturated carbocycles. The molecule has 0 bridgehead atoms. The molecule has 5 rings (SSSR count). The van der Waals surface area contributed by atoms with E-state index >= 15 is 0 Å². The standard InChI is InChI=1S/C28H24N2O7/c1-14(12-31)9-10-15-5-4-7-16-18(11-29-23(15)16)24(33)27-25(34)22(26(37-27)28(35)36)21-17-6-2-3-8-19(17)30-20(21)13-32/h2-9,11,29-32,34H,10,12-13H2,1H3,(H,35,36)/b14-9+. The molecule has 37 heavy (non-hydrogen) atoms. The highest BCUT2D eigenvalue weighted by molar-refractivity contribution is 6.18. The lowest BCUT2D eigenvalue weighted by Crippen LogP contribution is -1.99. The molecule has 0 aliphatic rings. The second-order valence-corrected chi connectivity index (χ2v) is 8.76. The van der Waals surface area contributed by atoms with Crippen molar-refractivity contribution in [3.05, 3.63) is 88.7 Å². The summed E-state index contributed by atoms with van der Waals surface area (Å²) in [6, 6.07) is 12.4. The Morgan fingerprint density at radius 2 is 1.76 bits per heavy atom. The molecule has 188 valence electrons. The van der Waals surface area contributed by atoms with Crippen LogP contribution >= 0.6 is 0 Å². The fourth-order valence-corrected chi connectivity index (χ4v) is 4.61. The number of benzene rings is 2. The summed E-state index contributed by atoms with van der Waals surface area (Å²) in [6.07, 6.45) is 3.91. The molecule has 3 heterocycles. The molecule has 0 spiro atoms. The van der Waals surface area contributed by atoms with Gasteiger partial charge in [0.2, 0.25) is 17.3 Å². The van der Waals surface area contributed by atoms with Gasteiger partial charge in [-0.25, -0.2) is 4.79 Å². The lowest BCUT2D eigenvalue weighted by atomic mass is 9.99. The second kappa shape index (κ2) is 9.45. The van der Waals surface area contributed by atoms with E-state index in [9.17, 15) is 30.0 Å². The fourth-order valence-electron chi connectivity index (χ4n) is 4.61. The molecular formula is C28H24N2O7. The summed E-state index contributed by atoms with van der Waals surface area (Å²) in [6.45, 7) is 1.31. The Hall–Kier alpha value is -4.60. The molecule has 0 atom stereocenters. The van der Waals surface area contributed by atoms with Gasteiger partial charge in [0, 0.05) is 39.3 Å². The molecule has 0 aliphatic heterocycles. The second-order valence-electron chi connectivity index (χ2n) is 8.76. The smallest absolute Gasteiger partial charge is 0.372 e. The van der Waals surface area contributed by atoms with E-state index in [1.54, 1.807) is 36.4 Å². The predicted octanol–water partition coefficient (Wildman–Crippen LogP) is 4.52. The Bertz CT molecular complexity index is 1700. The van der Waals surface area contributed by atoms with E-state index in [1.165, 1.54) is 6.20 Å². The van der Waals surface area contributed by atoms with Crippen molar-refractivity contribution in [2.45, 2.75) is 20.0 Å². The van der Waals surface area contributed by atoms with E-state index in [4.69, 9.17) is 4.42 Å². The topological polar surface area (TPSA) is 160 Å². The number of carboxylic acid groups (broad SMARTS) is 1. The van der Waals surface area contributed by atoms with Crippen LogP contribution in [0.4, 0.5) is 0 Å². The van der Waals surface area contributed by atoms with Crippen LogP contribution in [0, 0.1) is 0 Å². The molecule has 2 aromatic carbocycles. The zero-order valence-corrected chi connectivity index (χ0v) is 19.8. The number of ketones is 1. The summed E-state index contributed by atoms with van der Waals surface area (Å²) in [7, 11) is 0. The number of carbonyl (C=O) groups is 2. The molecule has 9 heteroatoms. The lowest BCUT2D eigenvalue weighted by molar-refractivity contribution is 0.0661. The molecule has 0 unspecified atom stereocenters. The van der Waals surface area contributed by atoms with Gasteiger partial charge >= 0.3 is 5.97 Å². The molecule has 3 aromatic heterocycles. The van der Waals surface area contributed by atoms with E-state index in [0.29, 0.717) is 28.2 Å². The van der Waals surface area contributed by atoms with Crippen LogP contribution < -0.4 is 0 Å². The molecule has 0 amide bonds. The number of H-pyrrole nitrogens is 2. The fraction of sp³-hybridized carbons (Fsp3) is 0.143. The Morgan fingerprint density at radius 1 is 1.00 bits per heavy atom. The van der Waals surface area contributed by atoms with Gasteiger partial charge in [0.15, 0.2) is 5.75 Å². The Balaban J connectivity index is 1.65. The van der Waals surface area contributed by atoms with Crippen LogP contribution in [0.5, 0.6) is 5.75 Å². The summed E-state index contributed by atoms with van der Waals surface area (Å²) in [5, 5.41) is 41.4. The predicted molar refractivity (Wildman–Crippen MR) is 137 cm³/mol. The van der Waals surface area contributed by atoms with Crippen molar-refractivity contribution in [2.75, 3.05) is 6.61 Å². The van der Waals surface area contributed by atoms with Gasteiger partial charge in [0.05, 0.1) is 24.3 Å². The van der Waals surface area contributed by atoms with E-state index in [2.05, 4.69) is 9.97 Å². The number of aromatic hydroxyl groups is 1. The number of aromatic amines is 2. The van der Waals surface area contributed by atoms with E-state index in [0.717, 1.165) is 11.1 Å². The van der Waals surface area contributed by atoms with Crippen LogP contribution in [0.25, 0.3) is 32.9 Å². The molecule has 9 nitrogen and oxygen atoms in total. The van der Waals surface area contributed by atoms with E-state index in [-0.39, 0.29) is 29.0 Å². The average molecular weight is 501 g/mol. The van der Waals surface area contributed by atoms with E-state index < -0.39 is 35.6 Å². The van der Waals surface area contributed by atoms with Crippen LogP contribution in [0.1, 0.15) is 44.9 Å². The number of allylic oxidation sites excluding steroid dienone is 1. The molecular weight excluding hydrogens is 476 g/mol. The molecule has 0 saturated heterocycles. The maximum Gasteiger partial charge on any atom is 0.372 e.